The van der Waals surface area contributed by atoms with E-state index in [0.717, 1.165) is 15.0 Å². The van der Waals surface area contributed by atoms with Crippen molar-refractivity contribution in [1.82, 2.24) is 0 Å². The Bertz CT molecular complexity index is 262. The Morgan fingerprint density at radius 2 is 1.91 bits per heavy atom. The third-order valence-electron chi connectivity index (χ3n) is 1.24. The van der Waals surface area contributed by atoms with Crippen LogP contribution in [0.15, 0.2) is 28.6 Å². The second-order valence-electron chi connectivity index (χ2n) is 2.28. The van der Waals surface area contributed by atoms with Crippen LogP contribution in [0.25, 0.3) is 6.08 Å². The van der Waals surface area contributed by atoms with Gasteiger partial charge in [-0.05, 0) is 22.1 Å². The van der Waals surface area contributed by atoms with Gasteiger partial charge in [-0.3, -0.25) is 0 Å². The fourth-order valence-corrected chi connectivity index (χ4v) is 1.18. The summed E-state index contributed by atoms with van der Waals surface area (Å²) >= 11 is 9.07. The van der Waals surface area contributed by atoms with Gasteiger partial charge in [0.2, 0.25) is 0 Å². The highest BCUT2D eigenvalue weighted by molar-refractivity contribution is 9.12. The first-order valence-corrected chi connectivity index (χ1v) is 4.45. The molecular weight excluding hydrogens is 222 g/mol. The lowest BCUT2D eigenvalue weighted by Crippen LogP contribution is -1.72. The summed E-state index contributed by atoms with van der Waals surface area (Å²) in [4.78, 5) is 0. The lowest BCUT2D eigenvalue weighted by Gasteiger charge is -1.93. The van der Waals surface area contributed by atoms with Gasteiger partial charge >= 0.3 is 0 Å². The standard InChI is InChI=1S/C8H7BBrCl/c9-8(10)5-6-1-3-7(11)4-2-6/h1-5H,9H2/b8-5-. The SMILES string of the molecule is B/C(Br)=C/c1ccc(Cl)cc1. The largest absolute Gasteiger partial charge is 0.148 e. The van der Waals surface area contributed by atoms with Gasteiger partial charge in [-0.25, -0.2) is 0 Å². The van der Waals surface area contributed by atoms with E-state index in [9.17, 15) is 0 Å². The van der Waals surface area contributed by atoms with Crippen molar-refractivity contribution in [3.05, 3.63) is 39.2 Å². The van der Waals surface area contributed by atoms with Gasteiger partial charge in [-0.2, -0.15) is 0 Å². The minimum absolute atomic E-state index is 0.773. The Balaban J connectivity index is 2.91. The molecule has 0 aliphatic heterocycles. The molecule has 0 bridgehead atoms. The maximum Gasteiger partial charge on any atom is 0.148 e. The fourth-order valence-electron chi connectivity index (χ4n) is 0.789. The molecule has 0 radical (unpaired) electrons. The van der Waals surface area contributed by atoms with E-state index in [1.54, 1.807) is 0 Å². The molecule has 0 heterocycles. The first-order chi connectivity index (χ1) is 5.18. The Hall–Kier alpha value is -0.205. The van der Waals surface area contributed by atoms with Crippen molar-refractivity contribution >= 4 is 41.5 Å². The number of benzene rings is 1. The average Bonchev–Trinajstić information content (AvgIpc) is 1.93. The van der Waals surface area contributed by atoms with Crippen LogP contribution in [0.3, 0.4) is 0 Å². The Kier molecular flexibility index (Phi) is 3.22. The lowest BCUT2D eigenvalue weighted by molar-refractivity contribution is 1.66. The molecule has 0 spiro atoms. The molecule has 1 aromatic rings. The fraction of sp³-hybridized carbons (Fsp3) is 0. The number of halogens is 2. The summed E-state index contributed by atoms with van der Waals surface area (Å²) in [6.07, 6.45) is 2.04. The molecule has 0 fully saturated rings. The van der Waals surface area contributed by atoms with Gasteiger partial charge in [0.05, 0.1) is 0 Å². The molecule has 0 saturated heterocycles. The maximum atomic E-state index is 5.72. The third kappa shape index (κ3) is 3.13. The first kappa shape index (κ1) is 8.89. The van der Waals surface area contributed by atoms with Gasteiger partial charge in [0, 0.05) is 5.02 Å². The van der Waals surface area contributed by atoms with Gasteiger partial charge in [0.25, 0.3) is 0 Å². The second kappa shape index (κ2) is 3.98. The van der Waals surface area contributed by atoms with E-state index in [-0.39, 0.29) is 0 Å². The molecular formula is C8H7BBrCl. The van der Waals surface area contributed by atoms with E-state index in [1.165, 1.54) is 0 Å². The molecule has 0 atom stereocenters. The van der Waals surface area contributed by atoms with Crippen LogP contribution in [0.1, 0.15) is 5.56 Å². The monoisotopic (exact) mass is 228 g/mol. The number of rotatable bonds is 1. The Morgan fingerprint density at radius 1 is 1.36 bits per heavy atom. The van der Waals surface area contributed by atoms with Crippen molar-refractivity contribution in [2.24, 2.45) is 0 Å². The normalized spacial score (nSPS) is 11.6. The summed E-state index contributed by atoms with van der Waals surface area (Å²) in [5, 5.41) is 0.773. The Morgan fingerprint density at radius 3 is 2.36 bits per heavy atom. The molecule has 0 nitrogen and oxygen atoms in total. The first-order valence-electron chi connectivity index (χ1n) is 3.28. The van der Waals surface area contributed by atoms with Crippen LogP contribution in [-0.2, 0) is 0 Å². The van der Waals surface area contributed by atoms with Gasteiger partial charge in [-0.1, -0.05) is 45.7 Å². The summed E-state index contributed by atoms with van der Waals surface area (Å²) in [6, 6.07) is 7.72. The quantitative estimate of drug-likeness (QED) is 0.649. The molecule has 0 aromatic heterocycles. The van der Waals surface area contributed by atoms with E-state index in [0.29, 0.717) is 0 Å². The van der Waals surface area contributed by atoms with Crippen molar-refractivity contribution in [3.8, 4) is 0 Å². The van der Waals surface area contributed by atoms with Gasteiger partial charge in [-0.15, -0.1) is 0 Å². The van der Waals surface area contributed by atoms with Crippen LogP contribution in [0.4, 0.5) is 0 Å². The molecule has 0 saturated carbocycles. The van der Waals surface area contributed by atoms with Crippen LogP contribution in [0.5, 0.6) is 0 Å². The van der Waals surface area contributed by atoms with E-state index < -0.39 is 0 Å². The average molecular weight is 229 g/mol. The van der Waals surface area contributed by atoms with E-state index >= 15 is 0 Å². The van der Waals surface area contributed by atoms with E-state index in [2.05, 4.69) is 15.9 Å². The summed E-state index contributed by atoms with van der Waals surface area (Å²) in [6.45, 7) is 0. The van der Waals surface area contributed by atoms with Gasteiger partial charge in [0.1, 0.15) is 7.85 Å². The predicted molar refractivity (Wildman–Crippen MR) is 56.9 cm³/mol. The van der Waals surface area contributed by atoms with Crippen molar-refractivity contribution < 1.29 is 0 Å². The van der Waals surface area contributed by atoms with Crippen molar-refractivity contribution in [2.75, 3.05) is 0 Å². The lowest BCUT2D eigenvalue weighted by atomic mass is 10.1. The highest BCUT2D eigenvalue weighted by atomic mass is 79.9. The number of hydrogen-bond acceptors (Lipinski definition) is 0. The summed E-state index contributed by atoms with van der Waals surface area (Å²) in [5.41, 5.74) is 1.16. The zero-order chi connectivity index (χ0) is 8.27. The predicted octanol–water partition coefficient (Wildman–Crippen LogP) is 2.67. The zero-order valence-corrected chi connectivity index (χ0v) is 8.48. The van der Waals surface area contributed by atoms with Crippen molar-refractivity contribution in [3.63, 3.8) is 0 Å². The Labute approximate surface area is 80.8 Å². The smallest absolute Gasteiger partial charge is 0.0843 e. The molecule has 11 heavy (non-hydrogen) atoms. The highest BCUT2D eigenvalue weighted by Gasteiger charge is 1.88. The molecule has 3 heteroatoms. The molecule has 0 N–H and O–H groups in total. The zero-order valence-electron chi connectivity index (χ0n) is 6.14. The van der Waals surface area contributed by atoms with Crippen LogP contribution in [0, 0.1) is 0 Å². The minimum atomic E-state index is 0.773. The molecule has 56 valence electrons. The van der Waals surface area contributed by atoms with Crippen LogP contribution in [0.2, 0.25) is 5.02 Å². The minimum Gasteiger partial charge on any atom is -0.0843 e. The molecule has 0 aliphatic rings. The van der Waals surface area contributed by atoms with Crippen LogP contribution < -0.4 is 0 Å². The van der Waals surface area contributed by atoms with Crippen molar-refractivity contribution in [1.29, 1.82) is 0 Å². The van der Waals surface area contributed by atoms with E-state index in [1.807, 2.05) is 38.2 Å². The molecule has 1 rings (SSSR count). The van der Waals surface area contributed by atoms with Gasteiger partial charge < -0.3 is 0 Å². The number of hydrogen-bond donors (Lipinski definition) is 0. The summed E-state index contributed by atoms with van der Waals surface area (Å²) in [7, 11) is 1.99. The molecule has 1 aromatic carbocycles. The van der Waals surface area contributed by atoms with E-state index in [4.69, 9.17) is 11.6 Å². The van der Waals surface area contributed by atoms with Gasteiger partial charge in [0.15, 0.2) is 0 Å². The molecule has 0 amide bonds. The molecule has 0 unspecified atom stereocenters. The molecule has 0 aliphatic carbocycles. The van der Waals surface area contributed by atoms with Crippen LogP contribution >= 0.6 is 27.5 Å². The highest BCUT2D eigenvalue weighted by Crippen LogP contribution is 2.13. The maximum absolute atomic E-state index is 5.72. The topological polar surface area (TPSA) is 0 Å². The summed E-state index contributed by atoms with van der Waals surface area (Å²) < 4.78 is 1.11. The third-order valence-corrected chi connectivity index (χ3v) is 1.72. The van der Waals surface area contributed by atoms with Crippen molar-refractivity contribution in [2.45, 2.75) is 0 Å². The summed E-state index contributed by atoms with van der Waals surface area (Å²) in [5.74, 6) is 0. The van der Waals surface area contributed by atoms with Crippen LogP contribution in [-0.4, -0.2) is 7.85 Å². The second-order valence-corrected chi connectivity index (χ2v) is 3.97.